The molecule has 1 aliphatic rings. The Morgan fingerprint density at radius 1 is 1.19 bits per heavy atom. The molecule has 11 nitrogen and oxygen atoms in total. The summed E-state index contributed by atoms with van der Waals surface area (Å²) < 4.78 is 0. The number of aliphatic hydroxyl groups excluding tert-OH is 1. The molecule has 0 saturated carbocycles. The lowest BCUT2D eigenvalue weighted by Crippen LogP contribution is -2.46. The van der Waals surface area contributed by atoms with Gasteiger partial charge < -0.3 is 20.2 Å². The number of pyridine rings is 1. The van der Waals surface area contributed by atoms with Crippen LogP contribution in [0.1, 0.15) is 28.4 Å². The number of nitrogens with one attached hydrogen (secondary N) is 1. The third kappa shape index (κ3) is 5.96. The van der Waals surface area contributed by atoms with Crippen molar-refractivity contribution >= 4 is 23.2 Å². The molecule has 11 heteroatoms. The Morgan fingerprint density at radius 2 is 1.92 bits per heavy atom. The Kier molecular flexibility index (Phi) is 7.84. The Labute approximate surface area is 212 Å². The van der Waals surface area contributed by atoms with E-state index >= 15 is 0 Å². The molecule has 2 heterocycles. The van der Waals surface area contributed by atoms with E-state index in [1.54, 1.807) is 30.5 Å². The number of non-ortho nitro benzene ring substituents is 1. The van der Waals surface area contributed by atoms with Crippen molar-refractivity contribution in [2.24, 2.45) is 5.16 Å². The van der Waals surface area contributed by atoms with Crippen molar-refractivity contribution in [1.82, 2.24) is 15.2 Å². The Bertz CT molecular complexity index is 1300. The summed E-state index contributed by atoms with van der Waals surface area (Å²) in [7, 11) is 1.39. The van der Waals surface area contributed by atoms with Crippen molar-refractivity contribution in [3.05, 3.63) is 94.2 Å². The molecule has 1 unspecified atom stereocenters. The summed E-state index contributed by atoms with van der Waals surface area (Å²) in [6.07, 6.45) is 0.795. The van der Waals surface area contributed by atoms with E-state index in [-0.39, 0.29) is 31.1 Å². The first-order valence-corrected chi connectivity index (χ1v) is 11.5. The van der Waals surface area contributed by atoms with Gasteiger partial charge in [0.1, 0.15) is 13.2 Å². The summed E-state index contributed by atoms with van der Waals surface area (Å²) in [4.78, 5) is 47.3. The van der Waals surface area contributed by atoms with E-state index in [4.69, 9.17) is 4.84 Å². The molecule has 2 amide bonds. The fraction of sp³-hybridized carbons (Fsp3) is 0.231. The summed E-state index contributed by atoms with van der Waals surface area (Å²) in [6, 6.07) is 17.1. The SMILES string of the molecule is CO/N=C1/C[C@@H](C(=O)NCC(O)c2ccc([N+](=O)[O-])cc2)N(C(=O)c2ccc(-c3ccccn3)cc2)C1. The van der Waals surface area contributed by atoms with E-state index in [1.807, 2.05) is 18.2 Å². The number of benzene rings is 2. The number of aliphatic hydroxyl groups is 1. The number of nitro groups is 1. The first kappa shape index (κ1) is 25.5. The number of hydrogen-bond acceptors (Lipinski definition) is 8. The van der Waals surface area contributed by atoms with Gasteiger partial charge in [-0.15, -0.1) is 0 Å². The van der Waals surface area contributed by atoms with Gasteiger partial charge in [0.2, 0.25) is 5.91 Å². The van der Waals surface area contributed by atoms with Crippen LogP contribution in [0.2, 0.25) is 0 Å². The number of nitro benzene ring substituents is 1. The van der Waals surface area contributed by atoms with Gasteiger partial charge in [-0.3, -0.25) is 24.7 Å². The number of aromatic nitrogens is 1. The number of likely N-dealkylation sites (tertiary alicyclic amines) is 1. The van der Waals surface area contributed by atoms with Crippen LogP contribution in [0.4, 0.5) is 5.69 Å². The standard InChI is InChI=1S/C26H25N5O6/c1-37-29-20-14-23(25(33)28-15-24(32)18-9-11-21(12-10-18)31(35)36)30(16-20)26(34)19-7-5-17(6-8-19)22-4-2-3-13-27-22/h2-13,23-24,32H,14-16H2,1H3,(H,28,33)/b29-20-/t23-,24?/m0/s1. The van der Waals surface area contributed by atoms with Gasteiger partial charge in [-0.05, 0) is 42.0 Å². The molecule has 1 aromatic heterocycles. The van der Waals surface area contributed by atoms with Crippen LogP contribution in [0.3, 0.4) is 0 Å². The van der Waals surface area contributed by atoms with Crippen molar-refractivity contribution in [2.75, 3.05) is 20.2 Å². The highest BCUT2D eigenvalue weighted by Gasteiger charge is 2.38. The predicted molar refractivity (Wildman–Crippen MR) is 135 cm³/mol. The van der Waals surface area contributed by atoms with Gasteiger partial charge in [-0.2, -0.15) is 0 Å². The molecule has 4 rings (SSSR count). The third-order valence-corrected chi connectivity index (χ3v) is 5.99. The second-order valence-corrected chi connectivity index (χ2v) is 8.39. The molecular weight excluding hydrogens is 478 g/mol. The van der Waals surface area contributed by atoms with Crippen molar-refractivity contribution in [2.45, 2.75) is 18.6 Å². The van der Waals surface area contributed by atoms with Crippen LogP contribution in [-0.4, -0.2) is 63.7 Å². The molecule has 0 radical (unpaired) electrons. The Morgan fingerprint density at radius 3 is 2.54 bits per heavy atom. The van der Waals surface area contributed by atoms with Crippen molar-refractivity contribution in [3.8, 4) is 11.3 Å². The zero-order valence-corrected chi connectivity index (χ0v) is 20.0. The van der Waals surface area contributed by atoms with E-state index < -0.39 is 23.0 Å². The van der Waals surface area contributed by atoms with Crippen LogP contribution < -0.4 is 5.32 Å². The summed E-state index contributed by atoms with van der Waals surface area (Å²) in [5.41, 5.74) is 2.90. The molecular formula is C26H25N5O6. The molecule has 3 aromatic rings. The molecule has 1 fully saturated rings. The van der Waals surface area contributed by atoms with E-state index in [2.05, 4.69) is 15.5 Å². The molecule has 2 N–H and O–H groups in total. The quantitative estimate of drug-likeness (QED) is 0.355. The minimum Gasteiger partial charge on any atom is -0.399 e. The van der Waals surface area contributed by atoms with Crippen LogP contribution in [0.15, 0.2) is 78.1 Å². The molecule has 0 aliphatic carbocycles. The van der Waals surface area contributed by atoms with Crippen LogP contribution in [0.25, 0.3) is 11.3 Å². The molecule has 2 aromatic carbocycles. The highest BCUT2D eigenvalue weighted by Crippen LogP contribution is 2.23. The van der Waals surface area contributed by atoms with Crippen LogP contribution >= 0.6 is 0 Å². The fourth-order valence-electron chi connectivity index (χ4n) is 4.08. The highest BCUT2D eigenvalue weighted by molar-refractivity contribution is 6.05. The lowest BCUT2D eigenvalue weighted by atomic mass is 10.1. The van der Waals surface area contributed by atoms with Gasteiger partial charge in [0, 0.05) is 42.4 Å². The van der Waals surface area contributed by atoms with Gasteiger partial charge >= 0.3 is 0 Å². The minimum atomic E-state index is -1.08. The number of hydrogen-bond donors (Lipinski definition) is 2. The fourth-order valence-corrected chi connectivity index (χ4v) is 4.08. The van der Waals surface area contributed by atoms with E-state index in [9.17, 15) is 24.8 Å². The molecule has 1 saturated heterocycles. The minimum absolute atomic E-state index is 0.0990. The Balaban J connectivity index is 1.45. The number of rotatable bonds is 8. The summed E-state index contributed by atoms with van der Waals surface area (Å²) in [6.45, 7) is -0.0115. The maximum absolute atomic E-state index is 13.3. The molecule has 37 heavy (non-hydrogen) atoms. The summed E-state index contributed by atoms with van der Waals surface area (Å²) in [5.74, 6) is -0.800. The van der Waals surface area contributed by atoms with Gasteiger partial charge in [0.05, 0.1) is 29.0 Å². The number of oxime groups is 1. The number of carbonyl (C=O) groups is 2. The predicted octanol–water partition coefficient (Wildman–Crippen LogP) is 2.72. The van der Waals surface area contributed by atoms with E-state index in [1.165, 1.54) is 36.3 Å². The number of carbonyl (C=O) groups excluding carboxylic acids is 2. The Hall–Kier alpha value is -4.64. The first-order valence-electron chi connectivity index (χ1n) is 11.5. The lowest BCUT2D eigenvalue weighted by Gasteiger charge is -2.24. The molecule has 1 aliphatic heterocycles. The maximum atomic E-state index is 13.3. The van der Waals surface area contributed by atoms with Crippen LogP contribution in [0.5, 0.6) is 0 Å². The third-order valence-electron chi connectivity index (χ3n) is 5.99. The monoisotopic (exact) mass is 503 g/mol. The van der Waals surface area contributed by atoms with Crippen molar-refractivity contribution < 1.29 is 24.5 Å². The zero-order chi connectivity index (χ0) is 26.4. The van der Waals surface area contributed by atoms with Crippen LogP contribution in [-0.2, 0) is 9.63 Å². The summed E-state index contributed by atoms with van der Waals surface area (Å²) >= 11 is 0. The van der Waals surface area contributed by atoms with Gasteiger partial charge in [-0.25, -0.2) is 0 Å². The summed E-state index contributed by atoms with van der Waals surface area (Å²) in [5, 5.41) is 27.9. The van der Waals surface area contributed by atoms with Gasteiger partial charge in [0.15, 0.2) is 0 Å². The highest BCUT2D eigenvalue weighted by atomic mass is 16.6. The second kappa shape index (κ2) is 11.4. The smallest absolute Gasteiger partial charge is 0.269 e. The van der Waals surface area contributed by atoms with Crippen LogP contribution in [0, 0.1) is 10.1 Å². The average Bonchev–Trinajstić information content (AvgIpc) is 3.36. The molecule has 190 valence electrons. The van der Waals surface area contributed by atoms with E-state index in [0.717, 1.165) is 11.3 Å². The van der Waals surface area contributed by atoms with Crippen molar-refractivity contribution in [3.63, 3.8) is 0 Å². The van der Waals surface area contributed by atoms with E-state index in [0.29, 0.717) is 16.8 Å². The average molecular weight is 504 g/mol. The first-order chi connectivity index (χ1) is 17.9. The largest absolute Gasteiger partial charge is 0.399 e. The van der Waals surface area contributed by atoms with Crippen molar-refractivity contribution in [1.29, 1.82) is 0 Å². The molecule has 0 bridgehead atoms. The van der Waals surface area contributed by atoms with Gasteiger partial charge in [0.25, 0.3) is 11.6 Å². The number of nitrogens with zero attached hydrogens (tertiary/aromatic N) is 4. The number of amides is 2. The van der Waals surface area contributed by atoms with Gasteiger partial charge in [-0.1, -0.05) is 23.4 Å². The zero-order valence-electron chi connectivity index (χ0n) is 20.0. The normalized spacial score (nSPS) is 16.9. The molecule has 0 spiro atoms. The lowest BCUT2D eigenvalue weighted by molar-refractivity contribution is -0.384. The second-order valence-electron chi connectivity index (χ2n) is 8.39. The maximum Gasteiger partial charge on any atom is 0.269 e. The topological polar surface area (TPSA) is 147 Å². The molecule has 2 atom stereocenters.